The summed E-state index contributed by atoms with van der Waals surface area (Å²) in [7, 11) is 0. The molecule has 2 saturated heterocycles. The van der Waals surface area contributed by atoms with Gasteiger partial charge in [-0.2, -0.15) is 4.98 Å². The number of aliphatic hydroxyl groups is 1. The van der Waals surface area contributed by atoms with E-state index in [1.54, 1.807) is 29.2 Å². The van der Waals surface area contributed by atoms with Crippen molar-refractivity contribution in [1.29, 1.82) is 0 Å². The summed E-state index contributed by atoms with van der Waals surface area (Å²) < 4.78 is 5.30. The van der Waals surface area contributed by atoms with Gasteiger partial charge >= 0.3 is 0 Å². The fourth-order valence-corrected chi connectivity index (χ4v) is 3.72. The second-order valence-corrected chi connectivity index (χ2v) is 7.75. The van der Waals surface area contributed by atoms with Gasteiger partial charge in [0.05, 0.1) is 13.2 Å². The predicted octanol–water partition coefficient (Wildman–Crippen LogP) is -0.0353. The third kappa shape index (κ3) is 5.07. The maximum atomic E-state index is 12.6. The standard InChI is InChI=1S/C20H28N8O3/c21-14-2-1-7-28(12-14)20-24-18(16(17(22)29)25-26-20)23-15-5-3-13(4-6-15)19(30)27-8-10-31-11-9-27/h3-6,14,17,29H,1-2,7-12,21-22H2,(H,23,24,26)/t14-,17?/m1/s1. The Morgan fingerprint density at radius 3 is 2.61 bits per heavy atom. The molecule has 0 radical (unpaired) electrons. The van der Waals surface area contributed by atoms with Crippen LogP contribution in [0.25, 0.3) is 0 Å². The van der Waals surface area contributed by atoms with Gasteiger partial charge in [-0.15, -0.1) is 10.2 Å². The fraction of sp³-hybridized carbons (Fsp3) is 0.500. The van der Waals surface area contributed by atoms with Crippen molar-refractivity contribution in [3.05, 3.63) is 35.5 Å². The van der Waals surface area contributed by atoms with E-state index in [1.165, 1.54) is 0 Å². The number of amides is 1. The molecular formula is C20H28N8O3. The van der Waals surface area contributed by atoms with E-state index in [-0.39, 0.29) is 17.6 Å². The summed E-state index contributed by atoms with van der Waals surface area (Å²) in [5.74, 6) is 0.716. The number of morpholine rings is 1. The smallest absolute Gasteiger partial charge is 0.254 e. The zero-order chi connectivity index (χ0) is 21.8. The van der Waals surface area contributed by atoms with Gasteiger partial charge in [0.2, 0.25) is 5.95 Å². The average Bonchev–Trinajstić information content (AvgIpc) is 2.79. The molecule has 2 aromatic rings. The Hall–Kier alpha value is -2.86. The van der Waals surface area contributed by atoms with E-state index in [1.807, 2.05) is 4.90 Å². The van der Waals surface area contributed by atoms with E-state index in [9.17, 15) is 9.90 Å². The first-order valence-electron chi connectivity index (χ1n) is 10.4. The van der Waals surface area contributed by atoms with Crippen LogP contribution in [0.1, 0.15) is 35.1 Å². The van der Waals surface area contributed by atoms with Crippen molar-refractivity contribution in [2.24, 2.45) is 11.5 Å². The Kier molecular flexibility index (Phi) is 6.56. The Bertz CT molecular complexity index is 902. The zero-order valence-corrected chi connectivity index (χ0v) is 17.3. The number of rotatable bonds is 5. The van der Waals surface area contributed by atoms with Crippen molar-refractivity contribution < 1.29 is 14.6 Å². The molecule has 1 aromatic carbocycles. The molecule has 166 valence electrons. The highest BCUT2D eigenvalue weighted by Crippen LogP contribution is 2.24. The second kappa shape index (κ2) is 9.52. The molecule has 2 aliphatic rings. The lowest BCUT2D eigenvalue weighted by atomic mass is 10.1. The van der Waals surface area contributed by atoms with Gasteiger partial charge in [0.25, 0.3) is 5.91 Å². The zero-order valence-electron chi connectivity index (χ0n) is 17.3. The van der Waals surface area contributed by atoms with Gasteiger partial charge in [-0.05, 0) is 37.1 Å². The quantitative estimate of drug-likeness (QED) is 0.477. The van der Waals surface area contributed by atoms with Crippen LogP contribution < -0.4 is 21.7 Å². The summed E-state index contributed by atoms with van der Waals surface area (Å²) in [5.41, 5.74) is 13.1. The summed E-state index contributed by atoms with van der Waals surface area (Å²) in [6, 6.07) is 7.11. The first-order valence-corrected chi connectivity index (χ1v) is 10.4. The topological polar surface area (TPSA) is 156 Å². The molecule has 0 saturated carbocycles. The van der Waals surface area contributed by atoms with Crippen LogP contribution in [0, 0.1) is 0 Å². The van der Waals surface area contributed by atoms with Crippen LogP contribution in [0.2, 0.25) is 0 Å². The van der Waals surface area contributed by atoms with Gasteiger partial charge in [0.1, 0.15) is 5.69 Å². The summed E-state index contributed by atoms with van der Waals surface area (Å²) in [6.45, 7) is 3.72. The van der Waals surface area contributed by atoms with Crippen molar-refractivity contribution >= 4 is 23.4 Å². The lowest BCUT2D eigenvalue weighted by Gasteiger charge is -2.30. The third-order valence-corrected chi connectivity index (χ3v) is 5.42. The number of nitrogens with two attached hydrogens (primary N) is 2. The van der Waals surface area contributed by atoms with E-state index in [4.69, 9.17) is 16.2 Å². The normalized spacial score (nSPS) is 20.4. The number of anilines is 3. The Labute approximate surface area is 180 Å². The van der Waals surface area contributed by atoms with Crippen LogP contribution >= 0.6 is 0 Å². The molecule has 31 heavy (non-hydrogen) atoms. The molecule has 6 N–H and O–H groups in total. The van der Waals surface area contributed by atoms with E-state index in [0.29, 0.717) is 55.9 Å². The molecule has 0 aliphatic carbocycles. The molecule has 0 bridgehead atoms. The number of hydrogen-bond donors (Lipinski definition) is 4. The molecular weight excluding hydrogens is 400 g/mol. The number of nitrogens with zero attached hydrogens (tertiary/aromatic N) is 5. The molecule has 1 amide bonds. The highest BCUT2D eigenvalue weighted by Gasteiger charge is 2.23. The minimum Gasteiger partial charge on any atom is -0.378 e. The molecule has 11 nitrogen and oxygen atoms in total. The molecule has 1 unspecified atom stereocenters. The fourth-order valence-electron chi connectivity index (χ4n) is 3.72. The van der Waals surface area contributed by atoms with Crippen LogP contribution in [-0.2, 0) is 4.74 Å². The van der Waals surface area contributed by atoms with E-state index >= 15 is 0 Å². The number of carbonyl (C=O) groups is 1. The van der Waals surface area contributed by atoms with Crippen molar-refractivity contribution in [2.45, 2.75) is 25.1 Å². The molecule has 4 rings (SSSR count). The number of piperidine rings is 1. The SMILES string of the molecule is NC(O)c1nnc(N2CCC[C@@H](N)C2)nc1Nc1ccc(C(=O)N2CCOCC2)cc1. The molecule has 3 heterocycles. The number of aliphatic hydroxyl groups excluding tert-OH is 1. The van der Waals surface area contributed by atoms with Crippen molar-refractivity contribution in [3.8, 4) is 0 Å². The maximum Gasteiger partial charge on any atom is 0.254 e. The number of aromatic nitrogens is 3. The summed E-state index contributed by atoms with van der Waals surface area (Å²) in [6.07, 6.45) is 0.583. The van der Waals surface area contributed by atoms with Crippen LogP contribution in [-0.4, -0.2) is 76.5 Å². The lowest BCUT2D eigenvalue weighted by molar-refractivity contribution is 0.0303. The summed E-state index contributed by atoms with van der Waals surface area (Å²) in [5, 5.41) is 21.2. The minimum atomic E-state index is -1.33. The van der Waals surface area contributed by atoms with Crippen LogP contribution in [0.5, 0.6) is 0 Å². The first-order chi connectivity index (χ1) is 15.0. The third-order valence-electron chi connectivity index (χ3n) is 5.42. The Morgan fingerprint density at radius 2 is 1.94 bits per heavy atom. The maximum absolute atomic E-state index is 12.6. The summed E-state index contributed by atoms with van der Waals surface area (Å²) in [4.78, 5) is 20.9. The molecule has 0 spiro atoms. The number of ether oxygens (including phenoxy) is 1. The Morgan fingerprint density at radius 1 is 1.19 bits per heavy atom. The van der Waals surface area contributed by atoms with Gasteiger partial charge < -0.3 is 36.4 Å². The van der Waals surface area contributed by atoms with Gasteiger partial charge in [-0.3, -0.25) is 4.79 Å². The number of benzene rings is 1. The van der Waals surface area contributed by atoms with Crippen molar-refractivity contribution in [3.63, 3.8) is 0 Å². The highest BCUT2D eigenvalue weighted by molar-refractivity contribution is 5.94. The van der Waals surface area contributed by atoms with Gasteiger partial charge in [0, 0.05) is 43.5 Å². The monoisotopic (exact) mass is 428 g/mol. The van der Waals surface area contributed by atoms with Crippen LogP contribution in [0.3, 0.4) is 0 Å². The highest BCUT2D eigenvalue weighted by atomic mass is 16.5. The molecule has 2 fully saturated rings. The number of nitrogens with one attached hydrogen (secondary N) is 1. The minimum absolute atomic E-state index is 0.0275. The number of hydrogen-bond acceptors (Lipinski definition) is 10. The van der Waals surface area contributed by atoms with Crippen LogP contribution in [0.4, 0.5) is 17.5 Å². The summed E-state index contributed by atoms with van der Waals surface area (Å²) >= 11 is 0. The second-order valence-electron chi connectivity index (χ2n) is 7.75. The largest absolute Gasteiger partial charge is 0.378 e. The first kappa shape index (κ1) is 21.4. The van der Waals surface area contributed by atoms with Crippen LogP contribution in [0.15, 0.2) is 24.3 Å². The number of carbonyl (C=O) groups excluding carboxylic acids is 1. The van der Waals surface area contributed by atoms with Crippen molar-refractivity contribution in [2.75, 3.05) is 49.6 Å². The average molecular weight is 428 g/mol. The Balaban J connectivity index is 1.52. The van der Waals surface area contributed by atoms with Gasteiger partial charge in [-0.25, -0.2) is 0 Å². The predicted molar refractivity (Wildman–Crippen MR) is 115 cm³/mol. The van der Waals surface area contributed by atoms with Gasteiger partial charge in [0.15, 0.2) is 12.0 Å². The van der Waals surface area contributed by atoms with E-state index in [0.717, 1.165) is 19.4 Å². The molecule has 1 aromatic heterocycles. The van der Waals surface area contributed by atoms with Crippen molar-refractivity contribution in [1.82, 2.24) is 20.1 Å². The van der Waals surface area contributed by atoms with E-state index < -0.39 is 6.23 Å². The molecule has 11 heteroatoms. The van der Waals surface area contributed by atoms with E-state index in [2.05, 4.69) is 20.5 Å². The lowest BCUT2D eigenvalue weighted by Crippen LogP contribution is -2.43. The van der Waals surface area contributed by atoms with Gasteiger partial charge in [-0.1, -0.05) is 0 Å². The molecule has 2 atom stereocenters. The molecule has 2 aliphatic heterocycles.